The van der Waals surface area contributed by atoms with E-state index in [4.69, 9.17) is 4.74 Å². The van der Waals surface area contributed by atoms with E-state index in [1.165, 1.54) is 10.4 Å². The molecule has 1 heterocycles. The standard InChI is InChI=1S/C17H26N2O4S/c1-13(2)6-7-18-17(20)15-5-4-14(3)16(12-15)24(21,22)19-8-10-23-11-9-19/h4-5,12-13H,6-11H2,1-3H3,(H,18,20). The van der Waals surface area contributed by atoms with Crippen molar-refractivity contribution >= 4 is 15.9 Å². The molecule has 1 aliphatic heterocycles. The molecule has 1 amide bonds. The van der Waals surface area contributed by atoms with Crippen LogP contribution in [0.1, 0.15) is 36.2 Å². The topological polar surface area (TPSA) is 75.7 Å². The number of sulfonamides is 1. The molecule has 2 rings (SSSR count). The molecule has 1 aromatic carbocycles. The molecule has 0 spiro atoms. The lowest BCUT2D eigenvalue weighted by atomic mass is 10.1. The first-order valence-corrected chi connectivity index (χ1v) is 9.73. The summed E-state index contributed by atoms with van der Waals surface area (Å²) in [6.45, 7) is 7.97. The van der Waals surface area contributed by atoms with Crippen molar-refractivity contribution in [1.82, 2.24) is 9.62 Å². The highest BCUT2D eigenvalue weighted by Gasteiger charge is 2.28. The van der Waals surface area contributed by atoms with Gasteiger partial charge in [0.05, 0.1) is 18.1 Å². The van der Waals surface area contributed by atoms with Gasteiger partial charge in [0.25, 0.3) is 5.91 Å². The Kier molecular flexibility index (Phi) is 6.37. The van der Waals surface area contributed by atoms with E-state index in [-0.39, 0.29) is 10.8 Å². The fourth-order valence-electron chi connectivity index (χ4n) is 2.52. The van der Waals surface area contributed by atoms with Gasteiger partial charge in [-0.25, -0.2) is 8.42 Å². The van der Waals surface area contributed by atoms with Crippen LogP contribution < -0.4 is 5.32 Å². The van der Waals surface area contributed by atoms with E-state index in [0.717, 1.165) is 6.42 Å². The second-order valence-electron chi connectivity index (χ2n) is 6.44. The summed E-state index contributed by atoms with van der Waals surface area (Å²) in [4.78, 5) is 12.4. The molecule has 0 atom stereocenters. The molecular formula is C17H26N2O4S. The SMILES string of the molecule is Cc1ccc(C(=O)NCCC(C)C)cc1S(=O)(=O)N1CCOCC1. The Labute approximate surface area is 144 Å². The van der Waals surface area contributed by atoms with Gasteiger partial charge in [0.1, 0.15) is 0 Å². The maximum absolute atomic E-state index is 12.8. The number of benzene rings is 1. The van der Waals surface area contributed by atoms with E-state index in [1.54, 1.807) is 19.1 Å². The zero-order valence-electron chi connectivity index (χ0n) is 14.5. The molecular weight excluding hydrogens is 328 g/mol. The predicted octanol–water partition coefficient (Wildman–Crippen LogP) is 1.79. The summed E-state index contributed by atoms with van der Waals surface area (Å²) < 4.78 is 32.3. The van der Waals surface area contributed by atoms with E-state index in [2.05, 4.69) is 19.2 Å². The van der Waals surface area contributed by atoms with Crippen LogP contribution in [0.5, 0.6) is 0 Å². The average molecular weight is 354 g/mol. The van der Waals surface area contributed by atoms with Gasteiger partial charge < -0.3 is 10.1 Å². The molecule has 0 aromatic heterocycles. The monoisotopic (exact) mass is 354 g/mol. The van der Waals surface area contributed by atoms with E-state index in [1.807, 2.05) is 0 Å². The number of hydrogen-bond donors (Lipinski definition) is 1. The van der Waals surface area contributed by atoms with Gasteiger partial charge >= 0.3 is 0 Å². The van der Waals surface area contributed by atoms with Gasteiger partial charge in [0, 0.05) is 25.2 Å². The number of amides is 1. The second kappa shape index (κ2) is 8.09. The lowest BCUT2D eigenvalue weighted by Crippen LogP contribution is -2.41. The lowest BCUT2D eigenvalue weighted by molar-refractivity contribution is 0.0730. The predicted molar refractivity (Wildman–Crippen MR) is 92.5 cm³/mol. The van der Waals surface area contributed by atoms with E-state index >= 15 is 0 Å². The molecule has 6 nitrogen and oxygen atoms in total. The van der Waals surface area contributed by atoms with Crippen LogP contribution >= 0.6 is 0 Å². The Morgan fingerprint density at radius 2 is 1.96 bits per heavy atom. The van der Waals surface area contributed by atoms with Crippen molar-refractivity contribution in [2.75, 3.05) is 32.8 Å². The molecule has 0 unspecified atom stereocenters. The number of nitrogens with one attached hydrogen (secondary N) is 1. The minimum Gasteiger partial charge on any atom is -0.379 e. The third-order valence-electron chi connectivity index (χ3n) is 4.05. The van der Waals surface area contributed by atoms with Crippen LogP contribution in [0.3, 0.4) is 0 Å². The van der Waals surface area contributed by atoms with Crippen molar-refractivity contribution in [3.63, 3.8) is 0 Å². The van der Waals surface area contributed by atoms with Gasteiger partial charge in [-0.05, 0) is 37.0 Å². The van der Waals surface area contributed by atoms with Crippen LogP contribution in [0, 0.1) is 12.8 Å². The molecule has 1 aromatic rings. The van der Waals surface area contributed by atoms with Crippen LogP contribution in [-0.4, -0.2) is 51.5 Å². The first kappa shape index (κ1) is 18.9. The number of morpholine rings is 1. The first-order valence-electron chi connectivity index (χ1n) is 8.29. The quantitative estimate of drug-likeness (QED) is 0.845. The Balaban J connectivity index is 2.20. The van der Waals surface area contributed by atoms with Gasteiger partial charge in [-0.1, -0.05) is 19.9 Å². The largest absolute Gasteiger partial charge is 0.379 e. The molecule has 1 aliphatic rings. The summed E-state index contributed by atoms with van der Waals surface area (Å²) in [5, 5.41) is 2.84. The molecule has 1 saturated heterocycles. The lowest BCUT2D eigenvalue weighted by Gasteiger charge is -2.26. The van der Waals surface area contributed by atoms with Crippen molar-refractivity contribution in [3.05, 3.63) is 29.3 Å². The molecule has 0 aliphatic carbocycles. The Morgan fingerprint density at radius 3 is 2.58 bits per heavy atom. The molecule has 7 heteroatoms. The number of carbonyl (C=O) groups excluding carboxylic acids is 1. The molecule has 134 valence electrons. The summed E-state index contributed by atoms with van der Waals surface area (Å²) in [6, 6.07) is 4.83. The number of hydrogen-bond acceptors (Lipinski definition) is 4. The Bertz CT molecular complexity index is 680. The highest BCUT2D eigenvalue weighted by Crippen LogP contribution is 2.22. The molecule has 1 fully saturated rings. The highest BCUT2D eigenvalue weighted by molar-refractivity contribution is 7.89. The number of rotatable bonds is 6. The van der Waals surface area contributed by atoms with Gasteiger partial charge in [-0.2, -0.15) is 4.31 Å². The summed E-state index contributed by atoms with van der Waals surface area (Å²) in [5.41, 5.74) is 1.01. The summed E-state index contributed by atoms with van der Waals surface area (Å²) in [7, 11) is -3.61. The van der Waals surface area contributed by atoms with Crippen LogP contribution in [0.15, 0.2) is 23.1 Å². The van der Waals surface area contributed by atoms with Crippen LogP contribution in [-0.2, 0) is 14.8 Å². The van der Waals surface area contributed by atoms with Gasteiger partial charge in [-0.3, -0.25) is 4.79 Å². The Morgan fingerprint density at radius 1 is 1.29 bits per heavy atom. The van der Waals surface area contributed by atoms with Crippen molar-refractivity contribution < 1.29 is 17.9 Å². The maximum atomic E-state index is 12.8. The fraction of sp³-hybridized carbons (Fsp3) is 0.588. The third-order valence-corrected chi connectivity index (χ3v) is 6.09. The zero-order valence-corrected chi connectivity index (χ0v) is 15.4. The maximum Gasteiger partial charge on any atom is 0.251 e. The van der Waals surface area contributed by atoms with E-state index < -0.39 is 10.0 Å². The molecule has 24 heavy (non-hydrogen) atoms. The average Bonchev–Trinajstić information content (AvgIpc) is 2.55. The Hall–Kier alpha value is -1.44. The van der Waals surface area contributed by atoms with Crippen LogP contribution in [0.25, 0.3) is 0 Å². The summed E-state index contributed by atoms with van der Waals surface area (Å²) >= 11 is 0. The smallest absolute Gasteiger partial charge is 0.251 e. The first-order chi connectivity index (χ1) is 11.3. The molecule has 1 N–H and O–H groups in total. The normalized spacial score (nSPS) is 16.3. The summed E-state index contributed by atoms with van der Waals surface area (Å²) in [5.74, 6) is 0.259. The van der Waals surface area contributed by atoms with Crippen molar-refractivity contribution in [3.8, 4) is 0 Å². The molecule has 0 radical (unpaired) electrons. The van der Waals surface area contributed by atoms with Gasteiger partial charge in [-0.15, -0.1) is 0 Å². The minimum absolute atomic E-state index is 0.195. The number of nitrogens with zero attached hydrogens (tertiary/aromatic N) is 1. The number of aryl methyl sites for hydroxylation is 1. The van der Waals surface area contributed by atoms with Gasteiger partial charge in [0.15, 0.2) is 0 Å². The third kappa shape index (κ3) is 4.55. The fourth-order valence-corrected chi connectivity index (χ4v) is 4.18. The van der Waals surface area contributed by atoms with Crippen molar-refractivity contribution in [2.45, 2.75) is 32.1 Å². The van der Waals surface area contributed by atoms with E-state index in [9.17, 15) is 13.2 Å². The van der Waals surface area contributed by atoms with Crippen molar-refractivity contribution in [2.24, 2.45) is 5.92 Å². The van der Waals surface area contributed by atoms with Crippen LogP contribution in [0.4, 0.5) is 0 Å². The molecule has 0 bridgehead atoms. The van der Waals surface area contributed by atoms with Gasteiger partial charge in [0.2, 0.25) is 10.0 Å². The van der Waals surface area contributed by atoms with Crippen molar-refractivity contribution in [1.29, 1.82) is 0 Å². The summed E-state index contributed by atoms with van der Waals surface area (Å²) in [6.07, 6.45) is 0.885. The van der Waals surface area contributed by atoms with E-state index in [0.29, 0.717) is 49.9 Å². The number of ether oxygens (including phenoxy) is 1. The minimum atomic E-state index is -3.61. The number of carbonyl (C=O) groups is 1. The molecule has 0 saturated carbocycles. The van der Waals surface area contributed by atoms with Crippen LogP contribution in [0.2, 0.25) is 0 Å². The second-order valence-corrected chi connectivity index (χ2v) is 8.34. The zero-order chi connectivity index (χ0) is 17.7. The highest BCUT2D eigenvalue weighted by atomic mass is 32.2.